The number of carbonyl (C=O) groups excluding carboxylic acids is 1. The van der Waals surface area contributed by atoms with E-state index in [4.69, 9.17) is 9.57 Å². The standard InChI is InChI=1S/C24H33F2N3O3S2/c1-16(2)31-24(30)29-10-6-18(7-11-29)32-27-17-4-8-28(9-5-17)22-15-20(25)19(14-21(22)26)23-33-12-3-13-34-23/h4,14-16,18,23,27H,3,5-13H2,1-2H3. The Labute approximate surface area is 208 Å². The van der Waals surface area contributed by atoms with Gasteiger partial charge in [-0.2, -0.15) is 0 Å². The maximum absolute atomic E-state index is 14.9. The number of ether oxygens (including phenoxy) is 1. The Hall–Kier alpha value is -1.65. The van der Waals surface area contributed by atoms with E-state index in [2.05, 4.69) is 5.48 Å². The number of likely N-dealkylation sites (tertiary alicyclic amines) is 1. The number of piperidine rings is 1. The molecule has 0 saturated carbocycles. The van der Waals surface area contributed by atoms with Crippen molar-refractivity contribution in [2.75, 3.05) is 42.6 Å². The molecule has 0 unspecified atom stereocenters. The van der Waals surface area contributed by atoms with Gasteiger partial charge in [-0.25, -0.2) is 13.6 Å². The average Bonchev–Trinajstić information content (AvgIpc) is 2.85. The Kier molecular flexibility index (Phi) is 8.87. The lowest BCUT2D eigenvalue weighted by molar-refractivity contribution is -0.0415. The number of thioether (sulfide) groups is 2. The summed E-state index contributed by atoms with van der Waals surface area (Å²) in [5, 5.41) is 0. The van der Waals surface area contributed by atoms with Crippen molar-refractivity contribution in [3.63, 3.8) is 0 Å². The van der Waals surface area contributed by atoms with Crippen molar-refractivity contribution in [3.8, 4) is 0 Å². The molecule has 0 atom stereocenters. The largest absolute Gasteiger partial charge is 0.447 e. The third-order valence-corrected chi connectivity index (χ3v) is 9.07. The van der Waals surface area contributed by atoms with Crippen LogP contribution in [0.2, 0.25) is 0 Å². The van der Waals surface area contributed by atoms with Gasteiger partial charge in [0.05, 0.1) is 22.5 Å². The van der Waals surface area contributed by atoms with Gasteiger partial charge in [0.2, 0.25) is 0 Å². The second-order valence-electron chi connectivity index (χ2n) is 9.02. The number of carbonyl (C=O) groups is 1. The molecule has 0 radical (unpaired) electrons. The van der Waals surface area contributed by atoms with Gasteiger partial charge in [-0.15, -0.1) is 23.5 Å². The van der Waals surface area contributed by atoms with E-state index in [0.29, 0.717) is 43.9 Å². The zero-order chi connectivity index (χ0) is 24.1. The summed E-state index contributed by atoms with van der Waals surface area (Å²) in [5.41, 5.74) is 4.75. The number of amides is 1. The van der Waals surface area contributed by atoms with E-state index in [1.54, 1.807) is 28.4 Å². The first-order valence-corrected chi connectivity index (χ1v) is 14.0. The molecule has 1 N–H and O–H groups in total. The van der Waals surface area contributed by atoms with Crippen LogP contribution in [0.25, 0.3) is 0 Å². The lowest BCUT2D eigenvalue weighted by atomic mass is 10.1. The van der Waals surface area contributed by atoms with Crippen molar-refractivity contribution in [1.29, 1.82) is 0 Å². The molecule has 3 aliphatic rings. The fraction of sp³-hybridized carbons (Fsp3) is 0.625. The Morgan fingerprint density at radius 2 is 1.85 bits per heavy atom. The normalized spacial score (nSPS) is 20.4. The van der Waals surface area contributed by atoms with Crippen LogP contribution in [0.4, 0.5) is 19.3 Å². The average molecular weight is 514 g/mol. The first kappa shape index (κ1) is 25.4. The molecule has 1 amide bonds. The van der Waals surface area contributed by atoms with Crippen LogP contribution in [-0.4, -0.2) is 60.9 Å². The summed E-state index contributed by atoms with van der Waals surface area (Å²) in [6.45, 7) is 5.93. The Morgan fingerprint density at radius 1 is 1.12 bits per heavy atom. The number of halogens is 2. The minimum atomic E-state index is -0.369. The maximum atomic E-state index is 14.9. The number of hydrogen-bond acceptors (Lipinski definition) is 7. The minimum absolute atomic E-state index is 0.0108. The van der Waals surface area contributed by atoms with Crippen molar-refractivity contribution < 1.29 is 23.1 Å². The zero-order valence-electron chi connectivity index (χ0n) is 19.7. The SMILES string of the molecule is CC(C)OC(=O)N1CCC(ONC2=CCN(c3cc(F)c(C4SCCCS4)cc3F)CC2)CC1. The van der Waals surface area contributed by atoms with Gasteiger partial charge in [0.15, 0.2) is 0 Å². The summed E-state index contributed by atoms with van der Waals surface area (Å²) >= 11 is 3.37. The fourth-order valence-electron chi connectivity index (χ4n) is 4.21. The number of anilines is 1. The number of benzene rings is 1. The summed E-state index contributed by atoms with van der Waals surface area (Å²) in [6.07, 6.45) is 4.79. The molecule has 2 fully saturated rings. The summed E-state index contributed by atoms with van der Waals surface area (Å²) in [6, 6.07) is 2.73. The van der Waals surface area contributed by atoms with Crippen LogP contribution >= 0.6 is 23.5 Å². The molecule has 0 aromatic heterocycles. The monoisotopic (exact) mass is 513 g/mol. The second-order valence-corrected chi connectivity index (χ2v) is 11.7. The molecule has 34 heavy (non-hydrogen) atoms. The highest BCUT2D eigenvalue weighted by molar-refractivity contribution is 8.16. The van der Waals surface area contributed by atoms with E-state index in [1.165, 1.54) is 12.1 Å². The van der Waals surface area contributed by atoms with Crippen LogP contribution in [0.1, 0.15) is 49.7 Å². The highest BCUT2D eigenvalue weighted by Crippen LogP contribution is 2.45. The molecule has 188 valence electrons. The highest BCUT2D eigenvalue weighted by Gasteiger charge is 2.27. The number of hydrogen-bond donors (Lipinski definition) is 1. The van der Waals surface area contributed by atoms with Gasteiger partial charge in [0.1, 0.15) is 11.6 Å². The molecular formula is C24H33F2N3O3S2. The molecule has 3 aliphatic heterocycles. The predicted molar refractivity (Wildman–Crippen MR) is 134 cm³/mol. The molecule has 1 aromatic carbocycles. The third kappa shape index (κ3) is 6.51. The van der Waals surface area contributed by atoms with Crippen LogP contribution < -0.4 is 10.4 Å². The summed E-state index contributed by atoms with van der Waals surface area (Å²) in [4.78, 5) is 21.4. The van der Waals surface area contributed by atoms with E-state index in [0.717, 1.165) is 36.5 Å². The lowest BCUT2D eigenvalue weighted by Crippen LogP contribution is -2.43. The van der Waals surface area contributed by atoms with Gasteiger partial charge < -0.3 is 14.5 Å². The van der Waals surface area contributed by atoms with Crippen LogP contribution in [0, 0.1) is 11.6 Å². The first-order valence-electron chi connectivity index (χ1n) is 11.9. The molecule has 6 nitrogen and oxygen atoms in total. The van der Waals surface area contributed by atoms with E-state index < -0.39 is 0 Å². The molecule has 0 bridgehead atoms. The van der Waals surface area contributed by atoms with Crippen LogP contribution in [0.3, 0.4) is 0 Å². The van der Waals surface area contributed by atoms with Crippen LogP contribution in [0.5, 0.6) is 0 Å². The Bertz CT molecular complexity index is 888. The van der Waals surface area contributed by atoms with E-state index in [-0.39, 0.29) is 34.5 Å². The maximum Gasteiger partial charge on any atom is 0.410 e. The number of nitrogens with zero attached hydrogens (tertiary/aromatic N) is 2. The molecule has 0 spiro atoms. The second kappa shape index (κ2) is 11.9. The highest BCUT2D eigenvalue weighted by atomic mass is 32.2. The van der Waals surface area contributed by atoms with Crippen molar-refractivity contribution in [3.05, 3.63) is 41.1 Å². The lowest BCUT2D eigenvalue weighted by Gasteiger charge is -2.33. The smallest absolute Gasteiger partial charge is 0.410 e. The Morgan fingerprint density at radius 3 is 2.50 bits per heavy atom. The molecule has 4 rings (SSSR count). The zero-order valence-corrected chi connectivity index (χ0v) is 21.4. The molecule has 2 saturated heterocycles. The topological polar surface area (TPSA) is 54.0 Å². The number of hydroxylamine groups is 1. The van der Waals surface area contributed by atoms with Crippen molar-refractivity contribution in [1.82, 2.24) is 10.4 Å². The quantitative estimate of drug-likeness (QED) is 0.507. The Balaban J connectivity index is 1.25. The molecule has 10 heteroatoms. The van der Waals surface area contributed by atoms with E-state index in [9.17, 15) is 13.6 Å². The predicted octanol–water partition coefficient (Wildman–Crippen LogP) is 5.46. The van der Waals surface area contributed by atoms with E-state index >= 15 is 0 Å². The number of rotatable bonds is 6. The molecular weight excluding hydrogens is 480 g/mol. The summed E-state index contributed by atoms with van der Waals surface area (Å²) in [5.74, 6) is 1.27. The minimum Gasteiger partial charge on any atom is -0.447 e. The van der Waals surface area contributed by atoms with Crippen LogP contribution in [0.15, 0.2) is 23.9 Å². The van der Waals surface area contributed by atoms with Gasteiger partial charge in [-0.3, -0.25) is 10.3 Å². The number of nitrogens with one attached hydrogen (secondary N) is 1. The summed E-state index contributed by atoms with van der Waals surface area (Å²) in [7, 11) is 0. The van der Waals surface area contributed by atoms with Gasteiger partial charge in [-0.1, -0.05) is 0 Å². The molecule has 1 aromatic rings. The molecule has 0 aliphatic carbocycles. The summed E-state index contributed by atoms with van der Waals surface area (Å²) < 4.78 is 34.9. The van der Waals surface area contributed by atoms with Gasteiger partial charge in [-0.05, 0) is 56.8 Å². The van der Waals surface area contributed by atoms with Gasteiger partial charge in [0, 0.05) is 49.9 Å². The van der Waals surface area contributed by atoms with Gasteiger partial charge >= 0.3 is 6.09 Å². The van der Waals surface area contributed by atoms with Crippen LogP contribution in [-0.2, 0) is 9.57 Å². The fourth-order valence-corrected chi connectivity index (χ4v) is 7.13. The third-order valence-electron chi connectivity index (χ3n) is 6.09. The van der Waals surface area contributed by atoms with Crippen molar-refractivity contribution >= 4 is 35.3 Å². The van der Waals surface area contributed by atoms with E-state index in [1.807, 2.05) is 24.8 Å². The van der Waals surface area contributed by atoms with Gasteiger partial charge in [0.25, 0.3) is 0 Å². The molecule has 3 heterocycles. The first-order chi connectivity index (χ1) is 16.4. The van der Waals surface area contributed by atoms with Crippen molar-refractivity contribution in [2.24, 2.45) is 0 Å². The van der Waals surface area contributed by atoms with Crippen molar-refractivity contribution in [2.45, 2.75) is 56.3 Å².